The summed E-state index contributed by atoms with van der Waals surface area (Å²) in [5.74, 6) is -1.84. The second kappa shape index (κ2) is 10.7. The Labute approximate surface area is 257 Å². The van der Waals surface area contributed by atoms with Gasteiger partial charge in [-0.3, -0.25) is 0 Å². The minimum absolute atomic E-state index is 0.00187. The van der Waals surface area contributed by atoms with Crippen molar-refractivity contribution in [3.63, 3.8) is 0 Å². The SMILES string of the molecule is COC(=O)[C@@H]1C[C@H](Oc2ncc(Br)cc2N2CCOC3(COC3)[C@@H]2C)CN1c1nc(C(F)(F)F)nc2c1oc1ccccc12. The highest BCUT2D eigenvalue weighted by molar-refractivity contribution is 9.10. The lowest BCUT2D eigenvalue weighted by Gasteiger charge is -2.53. The molecule has 3 aliphatic heterocycles. The van der Waals surface area contributed by atoms with Crippen LogP contribution in [0.25, 0.3) is 22.1 Å². The molecule has 7 rings (SSSR count). The predicted octanol–water partition coefficient (Wildman–Crippen LogP) is 4.75. The number of fused-ring (bicyclic) bond motifs is 3. The van der Waals surface area contributed by atoms with Gasteiger partial charge in [-0.1, -0.05) is 12.1 Å². The summed E-state index contributed by atoms with van der Waals surface area (Å²) in [4.78, 5) is 28.8. The summed E-state index contributed by atoms with van der Waals surface area (Å²) in [5, 5.41) is 0.399. The van der Waals surface area contributed by atoms with E-state index < -0.39 is 35.7 Å². The van der Waals surface area contributed by atoms with Crippen LogP contribution in [0, 0.1) is 0 Å². The van der Waals surface area contributed by atoms with E-state index in [0.29, 0.717) is 43.2 Å². The summed E-state index contributed by atoms with van der Waals surface area (Å²) in [6.45, 7) is 4.11. The number of methoxy groups -OCH3 is 1. The van der Waals surface area contributed by atoms with E-state index in [1.54, 1.807) is 30.5 Å². The highest BCUT2D eigenvalue weighted by atomic mass is 79.9. The molecule has 3 saturated heterocycles. The molecule has 0 amide bonds. The Morgan fingerprint density at radius 1 is 1.18 bits per heavy atom. The smallest absolute Gasteiger partial charge is 0.451 e. The van der Waals surface area contributed by atoms with Crippen LogP contribution in [0.15, 0.2) is 45.4 Å². The van der Waals surface area contributed by atoms with E-state index in [1.165, 1.54) is 12.0 Å². The number of morpholine rings is 1. The maximum Gasteiger partial charge on any atom is 0.451 e. The Balaban J connectivity index is 1.26. The number of pyridine rings is 1. The number of nitrogens with zero attached hydrogens (tertiary/aromatic N) is 5. The second-order valence-electron chi connectivity index (χ2n) is 11.1. The molecule has 15 heteroatoms. The van der Waals surface area contributed by atoms with Gasteiger partial charge < -0.3 is 33.2 Å². The number of benzene rings is 1. The first-order valence-electron chi connectivity index (χ1n) is 14.0. The molecule has 0 unspecified atom stereocenters. The van der Waals surface area contributed by atoms with E-state index >= 15 is 0 Å². The van der Waals surface area contributed by atoms with E-state index in [0.717, 1.165) is 10.2 Å². The lowest BCUT2D eigenvalue weighted by molar-refractivity contribution is -0.228. The van der Waals surface area contributed by atoms with Crippen molar-refractivity contribution < 1.29 is 41.3 Å². The summed E-state index contributed by atoms with van der Waals surface area (Å²) in [5.41, 5.74) is 0.663. The largest absolute Gasteiger partial charge is 0.471 e. The number of carbonyl (C=O) groups is 1. The highest BCUT2D eigenvalue weighted by Gasteiger charge is 2.50. The van der Waals surface area contributed by atoms with Gasteiger partial charge in [0.2, 0.25) is 11.7 Å². The van der Waals surface area contributed by atoms with Crippen molar-refractivity contribution in [3.8, 4) is 5.88 Å². The molecule has 0 bridgehead atoms. The number of hydrogen-bond acceptors (Lipinski definition) is 11. The fraction of sp³-hybridized carbons (Fsp3) is 0.448. The zero-order chi connectivity index (χ0) is 30.8. The van der Waals surface area contributed by atoms with E-state index in [2.05, 4.69) is 42.7 Å². The number of para-hydroxylation sites is 1. The molecule has 11 nitrogen and oxygen atoms in total. The van der Waals surface area contributed by atoms with Gasteiger partial charge in [0.05, 0.1) is 39.5 Å². The topological polar surface area (TPSA) is 112 Å². The van der Waals surface area contributed by atoms with Crippen molar-refractivity contribution in [2.45, 2.75) is 43.3 Å². The van der Waals surface area contributed by atoms with Crippen molar-refractivity contribution in [3.05, 3.63) is 46.8 Å². The minimum atomic E-state index is -4.84. The molecule has 6 heterocycles. The standard InChI is InChI=1S/C29H27BrF3N5O6/c1-15-28(13-41-14-28)42-8-7-37(15)19-9-16(30)11-34-25(19)43-17-10-20(26(39)40-2)38(12-17)24-23-22(35-27(36-24)29(31,32)33)18-5-3-4-6-21(18)44-23/h3-6,9,11,15,17,20H,7-8,10,12-14H2,1-2H3/t15-,17-,20-/m0/s1. The molecule has 3 fully saturated rings. The van der Waals surface area contributed by atoms with E-state index in [9.17, 15) is 18.0 Å². The van der Waals surface area contributed by atoms with Gasteiger partial charge >= 0.3 is 12.1 Å². The maximum atomic E-state index is 14.0. The van der Waals surface area contributed by atoms with Crippen molar-refractivity contribution in [2.24, 2.45) is 0 Å². The minimum Gasteiger partial charge on any atom is -0.471 e. The number of carbonyl (C=O) groups excluding carboxylic acids is 1. The summed E-state index contributed by atoms with van der Waals surface area (Å²) in [7, 11) is 1.22. The van der Waals surface area contributed by atoms with Gasteiger partial charge in [0.1, 0.15) is 34.5 Å². The quantitative estimate of drug-likeness (QED) is 0.273. The monoisotopic (exact) mass is 677 g/mol. The molecule has 3 aromatic heterocycles. The summed E-state index contributed by atoms with van der Waals surface area (Å²) >= 11 is 3.51. The molecule has 1 aromatic carbocycles. The van der Waals surface area contributed by atoms with Gasteiger partial charge in [0.25, 0.3) is 0 Å². The number of anilines is 2. The van der Waals surface area contributed by atoms with E-state index in [-0.39, 0.29) is 35.9 Å². The van der Waals surface area contributed by atoms with E-state index in [4.69, 9.17) is 23.4 Å². The number of aromatic nitrogens is 3. The molecule has 0 saturated carbocycles. The maximum absolute atomic E-state index is 14.0. The van der Waals surface area contributed by atoms with Crippen LogP contribution < -0.4 is 14.5 Å². The Hall–Kier alpha value is -3.69. The normalized spacial score (nSPS) is 23.4. The number of hydrogen-bond donors (Lipinski definition) is 0. The molecule has 3 aliphatic rings. The highest BCUT2D eigenvalue weighted by Crippen LogP contribution is 2.42. The third-order valence-electron chi connectivity index (χ3n) is 8.49. The average molecular weight is 678 g/mol. The van der Waals surface area contributed by atoms with E-state index in [1.807, 2.05) is 6.07 Å². The van der Waals surface area contributed by atoms with Crippen LogP contribution in [-0.2, 0) is 25.2 Å². The number of alkyl halides is 3. The number of esters is 1. The molecule has 0 aliphatic carbocycles. The first-order valence-corrected chi connectivity index (χ1v) is 14.8. The van der Waals surface area contributed by atoms with Gasteiger partial charge in [-0.25, -0.2) is 19.7 Å². The van der Waals surface area contributed by atoms with Crippen molar-refractivity contribution in [2.75, 3.05) is 49.8 Å². The Morgan fingerprint density at radius 3 is 2.70 bits per heavy atom. The fourth-order valence-corrected chi connectivity index (χ4v) is 6.47. The van der Waals surface area contributed by atoms with Crippen LogP contribution in [0.3, 0.4) is 0 Å². The molecular weight excluding hydrogens is 651 g/mol. The van der Waals surface area contributed by atoms with Crippen LogP contribution >= 0.6 is 15.9 Å². The Bertz CT molecular complexity index is 1750. The molecule has 4 aromatic rings. The van der Waals surface area contributed by atoms with Gasteiger partial charge in [0.15, 0.2) is 11.4 Å². The zero-order valence-electron chi connectivity index (χ0n) is 23.6. The van der Waals surface area contributed by atoms with Gasteiger partial charge in [-0.2, -0.15) is 13.2 Å². The molecule has 0 N–H and O–H groups in total. The molecular formula is C29H27BrF3N5O6. The number of ether oxygens (including phenoxy) is 4. The third-order valence-corrected chi connectivity index (χ3v) is 8.93. The molecule has 44 heavy (non-hydrogen) atoms. The van der Waals surface area contributed by atoms with Crippen LogP contribution in [-0.4, -0.2) is 84.7 Å². The molecule has 3 atom stereocenters. The first-order chi connectivity index (χ1) is 21.1. The molecule has 1 spiro atoms. The lowest BCUT2D eigenvalue weighted by atomic mass is 9.90. The summed E-state index contributed by atoms with van der Waals surface area (Å²) in [6.07, 6.45) is -3.79. The Kier molecular flexibility index (Phi) is 7.09. The fourth-order valence-electron chi connectivity index (χ4n) is 6.15. The van der Waals surface area contributed by atoms with Crippen LogP contribution in [0.5, 0.6) is 5.88 Å². The number of furan rings is 1. The summed E-state index contributed by atoms with van der Waals surface area (Å²) in [6, 6.07) is 7.50. The predicted molar refractivity (Wildman–Crippen MR) is 155 cm³/mol. The molecule has 232 valence electrons. The number of halogens is 4. The second-order valence-corrected chi connectivity index (χ2v) is 12.0. The summed E-state index contributed by atoms with van der Waals surface area (Å²) < 4.78 is 71.8. The first kappa shape index (κ1) is 29.0. The number of rotatable bonds is 5. The van der Waals surface area contributed by atoms with Crippen LogP contribution in [0.2, 0.25) is 0 Å². The lowest BCUT2D eigenvalue weighted by Crippen LogP contribution is -2.68. The molecule has 0 radical (unpaired) electrons. The van der Waals surface area contributed by atoms with Gasteiger partial charge in [-0.05, 0) is 41.1 Å². The van der Waals surface area contributed by atoms with Crippen molar-refractivity contribution in [1.82, 2.24) is 15.0 Å². The van der Waals surface area contributed by atoms with Crippen LogP contribution in [0.1, 0.15) is 19.2 Å². The van der Waals surface area contributed by atoms with Gasteiger partial charge in [0, 0.05) is 29.0 Å². The van der Waals surface area contributed by atoms with Crippen molar-refractivity contribution >= 4 is 55.5 Å². The Morgan fingerprint density at radius 2 is 1.98 bits per heavy atom. The average Bonchev–Trinajstić information content (AvgIpc) is 3.58. The zero-order valence-corrected chi connectivity index (χ0v) is 25.2. The third kappa shape index (κ3) is 4.81. The van der Waals surface area contributed by atoms with Crippen molar-refractivity contribution in [1.29, 1.82) is 0 Å². The van der Waals surface area contributed by atoms with Gasteiger partial charge in [-0.15, -0.1) is 0 Å². The van der Waals surface area contributed by atoms with Crippen LogP contribution in [0.4, 0.5) is 24.7 Å².